The Balaban J connectivity index is 1.44. The first-order valence-electron chi connectivity index (χ1n) is 8.96. The number of pyridine rings is 1. The first-order chi connectivity index (χ1) is 11.4. The molecule has 0 radical (unpaired) electrons. The molecule has 122 valence electrons. The Hall–Kier alpha value is -1.75. The molecule has 0 bridgehead atoms. The zero-order chi connectivity index (χ0) is 15.5. The van der Waals surface area contributed by atoms with Gasteiger partial charge in [0.1, 0.15) is 12.2 Å². The lowest BCUT2D eigenvalue weighted by Gasteiger charge is -2.39. The van der Waals surface area contributed by atoms with Gasteiger partial charge >= 0.3 is 0 Å². The summed E-state index contributed by atoms with van der Waals surface area (Å²) in [7, 11) is 0. The first kappa shape index (κ1) is 14.8. The van der Waals surface area contributed by atoms with Crippen LogP contribution in [-0.2, 0) is 0 Å². The van der Waals surface area contributed by atoms with Crippen molar-refractivity contribution in [3.05, 3.63) is 36.7 Å². The molecule has 1 saturated heterocycles. The van der Waals surface area contributed by atoms with Crippen LogP contribution in [0.2, 0.25) is 0 Å². The third-order valence-electron chi connectivity index (χ3n) is 5.47. The minimum atomic E-state index is 0.519. The molecule has 0 aromatic carbocycles. The number of rotatable bonds is 3. The van der Waals surface area contributed by atoms with Gasteiger partial charge in [-0.15, -0.1) is 0 Å². The van der Waals surface area contributed by atoms with Crippen molar-refractivity contribution >= 4 is 0 Å². The average molecular weight is 311 g/mol. The van der Waals surface area contributed by atoms with Crippen LogP contribution in [0.25, 0.3) is 5.69 Å². The zero-order valence-corrected chi connectivity index (χ0v) is 13.6. The van der Waals surface area contributed by atoms with Crippen LogP contribution in [0, 0.1) is 0 Å². The van der Waals surface area contributed by atoms with E-state index < -0.39 is 0 Å². The molecule has 1 aliphatic heterocycles. The van der Waals surface area contributed by atoms with Crippen molar-refractivity contribution in [2.75, 3.05) is 13.1 Å². The topological polar surface area (TPSA) is 46.8 Å². The van der Waals surface area contributed by atoms with Gasteiger partial charge in [-0.25, -0.2) is 9.67 Å². The van der Waals surface area contributed by atoms with Crippen molar-refractivity contribution < 1.29 is 0 Å². The summed E-state index contributed by atoms with van der Waals surface area (Å²) in [5.41, 5.74) is 1.06. The molecule has 3 heterocycles. The van der Waals surface area contributed by atoms with Gasteiger partial charge in [0.15, 0.2) is 0 Å². The van der Waals surface area contributed by atoms with Crippen LogP contribution < -0.4 is 0 Å². The molecule has 4 rings (SSSR count). The molecule has 2 fully saturated rings. The molecule has 0 atom stereocenters. The monoisotopic (exact) mass is 311 g/mol. The predicted octanol–water partition coefficient (Wildman–Crippen LogP) is 3.17. The SMILES string of the molecule is c1cc(-n2ncnc2C2CCN(C3CCCCC3)CC2)ccn1. The van der Waals surface area contributed by atoms with Gasteiger partial charge in [0, 0.05) is 24.4 Å². The van der Waals surface area contributed by atoms with Crippen LogP contribution in [-0.4, -0.2) is 43.8 Å². The van der Waals surface area contributed by atoms with E-state index in [-0.39, 0.29) is 0 Å². The van der Waals surface area contributed by atoms with Gasteiger partial charge in [-0.2, -0.15) is 5.10 Å². The molecule has 23 heavy (non-hydrogen) atoms. The summed E-state index contributed by atoms with van der Waals surface area (Å²) in [5, 5.41) is 4.43. The highest BCUT2D eigenvalue weighted by Crippen LogP contribution is 2.31. The van der Waals surface area contributed by atoms with Crippen LogP contribution in [0.5, 0.6) is 0 Å². The van der Waals surface area contributed by atoms with Crippen molar-refractivity contribution in [1.82, 2.24) is 24.6 Å². The lowest BCUT2D eigenvalue weighted by atomic mass is 9.90. The maximum atomic E-state index is 4.57. The van der Waals surface area contributed by atoms with E-state index in [0.29, 0.717) is 5.92 Å². The van der Waals surface area contributed by atoms with Crippen LogP contribution in [0.1, 0.15) is 56.7 Å². The Kier molecular flexibility index (Phi) is 4.37. The third-order valence-corrected chi connectivity index (χ3v) is 5.47. The first-order valence-corrected chi connectivity index (χ1v) is 8.96. The Morgan fingerprint density at radius 1 is 0.913 bits per heavy atom. The lowest BCUT2D eigenvalue weighted by molar-refractivity contribution is 0.120. The van der Waals surface area contributed by atoms with Crippen molar-refractivity contribution in [1.29, 1.82) is 0 Å². The van der Waals surface area contributed by atoms with E-state index in [1.165, 1.54) is 58.0 Å². The molecule has 0 N–H and O–H groups in total. The molecule has 2 aliphatic rings. The Bertz CT molecular complexity index is 609. The summed E-state index contributed by atoms with van der Waals surface area (Å²) in [6, 6.07) is 4.83. The molecule has 0 spiro atoms. The van der Waals surface area contributed by atoms with E-state index in [2.05, 4.69) is 20.0 Å². The summed E-state index contributed by atoms with van der Waals surface area (Å²) in [6.07, 6.45) is 14.8. The molecule has 0 amide bonds. The van der Waals surface area contributed by atoms with Gasteiger partial charge in [0.25, 0.3) is 0 Å². The van der Waals surface area contributed by atoms with Gasteiger partial charge in [-0.3, -0.25) is 4.98 Å². The molecule has 5 nitrogen and oxygen atoms in total. The molecule has 2 aromatic heterocycles. The summed E-state index contributed by atoms with van der Waals surface area (Å²) >= 11 is 0. The van der Waals surface area contributed by atoms with E-state index in [1.54, 1.807) is 6.33 Å². The lowest BCUT2D eigenvalue weighted by Crippen LogP contribution is -2.42. The van der Waals surface area contributed by atoms with Crippen molar-refractivity contribution in [2.24, 2.45) is 0 Å². The number of hydrogen-bond donors (Lipinski definition) is 0. The quantitative estimate of drug-likeness (QED) is 0.873. The highest BCUT2D eigenvalue weighted by molar-refractivity contribution is 5.29. The van der Waals surface area contributed by atoms with Gasteiger partial charge in [-0.1, -0.05) is 19.3 Å². The minimum absolute atomic E-state index is 0.519. The van der Waals surface area contributed by atoms with E-state index >= 15 is 0 Å². The van der Waals surface area contributed by atoms with E-state index in [9.17, 15) is 0 Å². The van der Waals surface area contributed by atoms with E-state index in [4.69, 9.17) is 0 Å². The standard InChI is InChI=1S/C18H25N5/c1-2-4-16(5-3-1)22-12-8-15(9-13-22)18-20-14-21-23(18)17-6-10-19-11-7-17/h6-7,10-11,14-16H,1-5,8-9,12-13H2. The summed E-state index contributed by atoms with van der Waals surface area (Å²) < 4.78 is 1.99. The van der Waals surface area contributed by atoms with E-state index in [0.717, 1.165) is 17.6 Å². The smallest absolute Gasteiger partial charge is 0.138 e. The number of likely N-dealkylation sites (tertiary alicyclic amines) is 1. The second-order valence-electron chi connectivity index (χ2n) is 6.84. The van der Waals surface area contributed by atoms with Crippen LogP contribution in [0.3, 0.4) is 0 Å². The highest BCUT2D eigenvalue weighted by atomic mass is 15.3. The van der Waals surface area contributed by atoms with Crippen LogP contribution in [0.15, 0.2) is 30.9 Å². The second-order valence-corrected chi connectivity index (χ2v) is 6.84. The normalized spacial score (nSPS) is 21.6. The van der Waals surface area contributed by atoms with Crippen LogP contribution in [0.4, 0.5) is 0 Å². The minimum Gasteiger partial charge on any atom is -0.300 e. The van der Waals surface area contributed by atoms with E-state index in [1.807, 2.05) is 29.2 Å². The molecular formula is C18H25N5. The van der Waals surface area contributed by atoms with Crippen molar-refractivity contribution in [3.63, 3.8) is 0 Å². The fourth-order valence-corrected chi connectivity index (χ4v) is 4.18. The second kappa shape index (κ2) is 6.79. The molecule has 1 aliphatic carbocycles. The maximum Gasteiger partial charge on any atom is 0.138 e. The largest absolute Gasteiger partial charge is 0.300 e. The average Bonchev–Trinajstić information content (AvgIpc) is 3.13. The summed E-state index contributed by atoms with van der Waals surface area (Å²) in [6.45, 7) is 2.41. The fraction of sp³-hybridized carbons (Fsp3) is 0.611. The number of hydrogen-bond acceptors (Lipinski definition) is 4. The highest BCUT2D eigenvalue weighted by Gasteiger charge is 2.29. The van der Waals surface area contributed by atoms with Gasteiger partial charge in [0.05, 0.1) is 5.69 Å². The maximum absolute atomic E-state index is 4.57. The van der Waals surface area contributed by atoms with Crippen LogP contribution >= 0.6 is 0 Å². The Morgan fingerprint density at radius 2 is 1.65 bits per heavy atom. The molecule has 5 heteroatoms. The van der Waals surface area contributed by atoms with Crippen molar-refractivity contribution in [3.8, 4) is 5.69 Å². The Labute approximate surface area is 137 Å². The Morgan fingerprint density at radius 3 is 2.39 bits per heavy atom. The summed E-state index contributed by atoms with van der Waals surface area (Å²) in [5.74, 6) is 1.63. The fourth-order valence-electron chi connectivity index (χ4n) is 4.18. The molecule has 0 unspecified atom stereocenters. The zero-order valence-electron chi connectivity index (χ0n) is 13.6. The number of nitrogens with zero attached hydrogens (tertiary/aromatic N) is 5. The van der Waals surface area contributed by atoms with Gasteiger partial charge < -0.3 is 4.90 Å². The third kappa shape index (κ3) is 3.15. The van der Waals surface area contributed by atoms with Gasteiger partial charge in [-0.05, 0) is 50.9 Å². The van der Waals surface area contributed by atoms with Gasteiger partial charge in [0.2, 0.25) is 0 Å². The predicted molar refractivity (Wildman–Crippen MR) is 89.6 cm³/mol. The summed E-state index contributed by atoms with van der Waals surface area (Å²) in [4.78, 5) is 11.4. The van der Waals surface area contributed by atoms with Crippen molar-refractivity contribution in [2.45, 2.75) is 56.9 Å². The number of aromatic nitrogens is 4. The molecular weight excluding hydrogens is 286 g/mol. The molecule has 1 saturated carbocycles. The number of piperidine rings is 1. The molecule has 2 aromatic rings.